The van der Waals surface area contributed by atoms with E-state index in [1.54, 1.807) is 0 Å². The van der Waals surface area contributed by atoms with E-state index in [9.17, 15) is 14.4 Å². The maximum absolute atomic E-state index is 11.6. The van der Waals surface area contributed by atoms with E-state index in [0.717, 1.165) is 11.8 Å². The first kappa shape index (κ1) is 13.4. The van der Waals surface area contributed by atoms with Crippen LogP contribution in [0.15, 0.2) is 0 Å². The van der Waals surface area contributed by atoms with Gasteiger partial charge in [-0.3, -0.25) is 9.59 Å². The molecule has 0 aromatic rings. The Hall–Kier alpha value is -0.690. The van der Waals surface area contributed by atoms with Gasteiger partial charge in [0.15, 0.2) is 5.12 Å². The van der Waals surface area contributed by atoms with Crippen LogP contribution in [0.25, 0.3) is 0 Å². The number of hydrogen-bond donors (Lipinski definition) is 2. The Kier molecular flexibility index (Phi) is 4.67. The van der Waals surface area contributed by atoms with Crippen LogP contribution in [0.4, 0.5) is 0 Å². The van der Waals surface area contributed by atoms with Crippen LogP contribution in [0, 0.1) is 0 Å². The van der Waals surface area contributed by atoms with Crippen LogP contribution in [-0.4, -0.2) is 50.6 Å². The zero-order valence-corrected chi connectivity index (χ0v) is 10.5. The molecule has 0 spiro atoms. The smallest absolute Gasteiger partial charge is 0.327 e. The average Bonchev–Trinajstić information content (AvgIpc) is 2.46. The monoisotopic (exact) mass is 263 g/mol. The fourth-order valence-electron chi connectivity index (χ4n) is 1.62. The highest BCUT2D eigenvalue weighted by Gasteiger charge is 2.37. The molecule has 90 valence electrons. The molecule has 7 heteroatoms. The highest BCUT2D eigenvalue weighted by molar-refractivity contribution is 8.14. The number of likely N-dealkylation sites (tertiary alicyclic amines) is 1. The molecule has 0 aromatic heterocycles. The van der Waals surface area contributed by atoms with Crippen molar-refractivity contribution in [1.82, 2.24) is 4.90 Å². The molecule has 1 N–H and O–H groups in total. The average molecular weight is 263 g/mol. The summed E-state index contributed by atoms with van der Waals surface area (Å²) in [4.78, 5) is 34.6. The first-order valence-electron chi connectivity index (χ1n) is 4.76. The third kappa shape index (κ3) is 3.15. The number of carboxylic acid groups (broad SMARTS) is 1. The molecule has 2 unspecified atom stereocenters. The molecule has 0 aliphatic carbocycles. The van der Waals surface area contributed by atoms with Crippen LogP contribution in [0.3, 0.4) is 0 Å². The Balaban J connectivity index is 2.66. The van der Waals surface area contributed by atoms with Gasteiger partial charge in [-0.15, -0.1) is 0 Å². The van der Waals surface area contributed by atoms with Crippen molar-refractivity contribution in [1.29, 1.82) is 0 Å². The molecule has 1 amide bonds. The van der Waals surface area contributed by atoms with E-state index in [2.05, 4.69) is 12.6 Å². The van der Waals surface area contributed by atoms with Crippen molar-refractivity contribution in [3.05, 3.63) is 0 Å². The molecule has 1 saturated heterocycles. The van der Waals surface area contributed by atoms with Gasteiger partial charge in [0, 0.05) is 30.9 Å². The SMILES string of the molecule is CC(=O)SC1CC(=O)N(C(CS)C(=O)O)C1. The molecule has 2 atom stereocenters. The van der Waals surface area contributed by atoms with Gasteiger partial charge in [0.1, 0.15) is 6.04 Å². The second-order valence-electron chi connectivity index (χ2n) is 3.52. The second kappa shape index (κ2) is 5.58. The molecule has 1 fully saturated rings. The zero-order chi connectivity index (χ0) is 12.3. The summed E-state index contributed by atoms with van der Waals surface area (Å²) in [5, 5.41) is 8.71. The Morgan fingerprint density at radius 1 is 1.69 bits per heavy atom. The number of carbonyl (C=O) groups is 3. The molecular weight excluding hydrogens is 250 g/mol. The van der Waals surface area contributed by atoms with Gasteiger partial charge in [-0.25, -0.2) is 4.79 Å². The Morgan fingerprint density at radius 2 is 2.31 bits per heavy atom. The zero-order valence-electron chi connectivity index (χ0n) is 8.75. The van der Waals surface area contributed by atoms with Gasteiger partial charge in [0.05, 0.1) is 0 Å². The van der Waals surface area contributed by atoms with Crippen molar-refractivity contribution in [2.24, 2.45) is 0 Å². The Morgan fingerprint density at radius 3 is 2.75 bits per heavy atom. The summed E-state index contributed by atoms with van der Waals surface area (Å²) in [7, 11) is 0. The van der Waals surface area contributed by atoms with Crippen LogP contribution in [0.1, 0.15) is 13.3 Å². The molecule has 1 rings (SSSR count). The molecular formula is C9H13NO4S2. The van der Waals surface area contributed by atoms with Crippen LogP contribution >= 0.6 is 24.4 Å². The van der Waals surface area contributed by atoms with E-state index >= 15 is 0 Å². The summed E-state index contributed by atoms with van der Waals surface area (Å²) in [5.41, 5.74) is 0. The summed E-state index contributed by atoms with van der Waals surface area (Å²) >= 11 is 5.01. The largest absolute Gasteiger partial charge is 0.480 e. The summed E-state index contributed by atoms with van der Waals surface area (Å²) in [6, 6.07) is -0.895. The molecule has 1 aliphatic heterocycles. The number of carboxylic acids is 1. The van der Waals surface area contributed by atoms with E-state index < -0.39 is 12.0 Å². The summed E-state index contributed by atoms with van der Waals surface area (Å²) in [6.45, 7) is 1.74. The minimum Gasteiger partial charge on any atom is -0.480 e. The summed E-state index contributed by atoms with van der Waals surface area (Å²) in [6.07, 6.45) is 0.224. The van der Waals surface area contributed by atoms with Crippen molar-refractivity contribution in [3.8, 4) is 0 Å². The fraction of sp³-hybridized carbons (Fsp3) is 0.667. The lowest BCUT2D eigenvalue weighted by molar-refractivity contribution is -0.147. The topological polar surface area (TPSA) is 74.7 Å². The normalized spacial score (nSPS) is 22.2. The number of hydrogen-bond acceptors (Lipinski definition) is 5. The van der Waals surface area contributed by atoms with Gasteiger partial charge >= 0.3 is 5.97 Å². The number of nitrogens with zero attached hydrogens (tertiary/aromatic N) is 1. The van der Waals surface area contributed by atoms with E-state index in [-0.39, 0.29) is 28.4 Å². The fourth-order valence-corrected chi connectivity index (χ4v) is 2.91. The molecule has 1 heterocycles. The first-order valence-corrected chi connectivity index (χ1v) is 6.27. The lowest BCUT2D eigenvalue weighted by Gasteiger charge is -2.22. The van der Waals surface area contributed by atoms with Gasteiger partial charge in [0.2, 0.25) is 5.91 Å². The first-order chi connectivity index (χ1) is 7.45. The molecule has 16 heavy (non-hydrogen) atoms. The van der Waals surface area contributed by atoms with E-state index in [1.807, 2.05) is 0 Å². The van der Waals surface area contributed by atoms with Crippen LogP contribution in [0.2, 0.25) is 0 Å². The summed E-state index contributed by atoms with van der Waals surface area (Å²) in [5.74, 6) is -1.20. The Labute approximate surface area is 103 Å². The van der Waals surface area contributed by atoms with Gasteiger partial charge in [-0.2, -0.15) is 12.6 Å². The number of amides is 1. The van der Waals surface area contributed by atoms with Gasteiger partial charge in [0.25, 0.3) is 0 Å². The minimum absolute atomic E-state index is 0.0580. The predicted octanol–water partition coefficient (Wildman–Crippen LogP) is 0.250. The predicted molar refractivity (Wildman–Crippen MR) is 63.7 cm³/mol. The second-order valence-corrected chi connectivity index (χ2v) is 5.36. The maximum atomic E-state index is 11.6. The lowest BCUT2D eigenvalue weighted by atomic mass is 10.3. The van der Waals surface area contributed by atoms with E-state index in [4.69, 9.17) is 5.11 Å². The molecule has 5 nitrogen and oxygen atoms in total. The molecule has 0 bridgehead atoms. The standard InChI is InChI=1S/C9H13NO4S2/c1-5(11)16-6-2-8(12)10(3-6)7(4-15)9(13)14/h6-7,15H,2-4H2,1H3,(H,13,14). The maximum Gasteiger partial charge on any atom is 0.327 e. The van der Waals surface area contributed by atoms with Crippen molar-refractivity contribution in [2.75, 3.05) is 12.3 Å². The quantitative estimate of drug-likeness (QED) is 0.711. The van der Waals surface area contributed by atoms with Crippen molar-refractivity contribution in [2.45, 2.75) is 24.6 Å². The minimum atomic E-state index is -1.06. The molecule has 1 aliphatic rings. The van der Waals surface area contributed by atoms with E-state index in [1.165, 1.54) is 11.8 Å². The van der Waals surface area contributed by atoms with Crippen LogP contribution in [0.5, 0.6) is 0 Å². The van der Waals surface area contributed by atoms with Crippen LogP contribution < -0.4 is 0 Å². The van der Waals surface area contributed by atoms with Gasteiger partial charge in [-0.1, -0.05) is 11.8 Å². The highest BCUT2D eigenvalue weighted by Crippen LogP contribution is 2.25. The van der Waals surface area contributed by atoms with Gasteiger partial charge in [-0.05, 0) is 0 Å². The molecule has 0 radical (unpaired) electrons. The van der Waals surface area contributed by atoms with Crippen molar-refractivity contribution < 1.29 is 19.5 Å². The number of carbonyl (C=O) groups excluding carboxylic acids is 2. The molecule has 0 aromatic carbocycles. The summed E-state index contributed by atoms with van der Waals surface area (Å²) < 4.78 is 0. The number of thiol groups is 1. The third-order valence-electron chi connectivity index (χ3n) is 2.29. The van der Waals surface area contributed by atoms with Gasteiger partial charge < -0.3 is 10.0 Å². The number of thioether (sulfide) groups is 1. The highest BCUT2D eigenvalue weighted by atomic mass is 32.2. The van der Waals surface area contributed by atoms with E-state index in [0.29, 0.717) is 6.54 Å². The number of aliphatic carboxylic acids is 1. The Bertz CT molecular complexity index is 321. The molecule has 0 saturated carbocycles. The third-order valence-corrected chi connectivity index (χ3v) is 3.62. The van der Waals surface area contributed by atoms with Crippen molar-refractivity contribution in [3.63, 3.8) is 0 Å². The van der Waals surface area contributed by atoms with Crippen molar-refractivity contribution >= 4 is 41.4 Å². The number of rotatable bonds is 4. The lowest BCUT2D eigenvalue weighted by Crippen LogP contribution is -2.43. The van der Waals surface area contributed by atoms with Crippen LogP contribution in [-0.2, 0) is 14.4 Å².